The van der Waals surface area contributed by atoms with Gasteiger partial charge in [-0.1, -0.05) is 27.5 Å². The average Bonchev–Trinajstić information content (AvgIpc) is 3.14. The number of benzene rings is 2. The number of rotatable bonds is 4. The fraction of sp³-hybridized carbons (Fsp3) is 0.286. The zero-order chi connectivity index (χ0) is 21.5. The number of aromatic nitrogens is 1. The van der Waals surface area contributed by atoms with Crippen LogP contribution in [0.5, 0.6) is 0 Å². The molecule has 3 aromatic rings. The summed E-state index contributed by atoms with van der Waals surface area (Å²) in [5.74, 6) is 0.474. The molecule has 1 aliphatic rings. The van der Waals surface area contributed by atoms with Crippen molar-refractivity contribution in [3.8, 4) is 11.5 Å². The van der Waals surface area contributed by atoms with Gasteiger partial charge in [0.05, 0.1) is 17.1 Å². The quantitative estimate of drug-likeness (QED) is 0.479. The molecule has 0 radical (unpaired) electrons. The second kappa shape index (κ2) is 8.34. The Bertz CT molecular complexity index is 1140. The van der Waals surface area contributed by atoms with Crippen molar-refractivity contribution in [3.05, 3.63) is 58.0 Å². The fourth-order valence-corrected chi connectivity index (χ4v) is 5.17. The molecule has 0 saturated carbocycles. The molecule has 158 valence electrons. The predicted molar refractivity (Wildman–Crippen MR) is 119 cm³/mol. The highest BCUT2D eigenvalue weighted by atomic mass is 79.9. The maximum absolute atomic E-state index is 13.4. The van der Waals surface area contributed by atoms with Crippen molar-refractivity contribution in [2.24, 2.45) is 0 Å². The van der Waals surface area contributed by atoms with E-state index in [-0.39, 0.29) is 33.9 Å². The summed E-state index contributed by atoms with van der Waals surface area (Å²) in [6.45, 7) is 4.90. The van der Waals surface area contributed by atoms with Gasteiger partial charge in [0.25, 0.3) is 0 Å². The van der Waals surface area contributed by atoms with Crippen molar-refractivity contribution >= 4 is 43.3 Å². The number of hydrogen-bond acceptors (Lipinski definition) is 6. The summed E-state index contributed by atoms with van der Waals surface area (Å²) < 4.78 is 39.6. The first-order valence-corrected chi connectivity index (χ1v) is 12.1. The maximum atomic E-state index is 13.4. The summed E-state index contributed by atoms with van der Waals surface area (Å²) in [7, 11) is -3.92. The second-order valence-electron chi connectivity index (χ2n) is 7.26. The van der Waals surface area contributed by atoms with Crippen LogP contribution in [0.3, 0.4) is 0 Å². The summed E-state index contributed by atoms with van der Waals surface area (Å²) in [6.07, 6.45) is -0.137. The first kappa shape index (κ1) is 21.4. The van der Waals surface area contributed by atoms with Crippen molar-refractivity contribution < 1.29 is 17.6 Å². The molecule has 2 aromatic carbocycles. The lowest BCUT2D eigenvalue weighted by atomic mass is 10.2. The number of halogens is 2. The summed E-state index contributed by atoms with van der Waals surface area (Å²) in [6, 6.07) is 13.4. The molecule has 1 fully saturated rings. The Morgan fingerprint density at radius 3 is 2.23 bits per heavy atom. The maximum Gasteiger partial charge on any atom is 0.236 e. The Balaban J connectivity index is 1.85. The Hall–Kier alpha value is -1.87. The average molecular weight is 512 g/mol. The van der Waals surface area contributed by atoms with Gasteiger partial charge in [-0.2, -0.15) is 4.98 Å². The van der Waals surface area contributed by atoms with Gasteiger partial charge >= 0.3 is 0 Å². The minimum Gasteiger partial charge on any atom is -0.419 e. The topological polar surface area (TPSA) is 72.6 Å². The van der Waals surface area contributed by atoms with Crippen molar-refractivity contribution in [2.45, 2.75) is 36.0 Å². The van der Waals surface area contributed by atoms with E-state index in [0.29, 0.717) is 23.7 Å². The number of nitrogens with zero attached hydrogens (tertiary/aromatic N) is 2. The van der Waals surface area contributed by atoms with Crippen molar-refractivity contribution in [3.63, 3.8) is 0 Å². The van der Waals surface area contributed by atoms with Crippen LogP contribution in [0.25, 0.3) is 11.5 Å². The zero-order valence-electron chi connectivity index (χ0n) is 16.4. The molecule has 2 heterocycles. The van der Waals surface area contributed by atoms with Gasteiger partial charge in [-0.25, -0.2) is 8.42 Å². The van der Waals surface area contributed by atoms with Gasteiger partial charge in [-0.3, -0.25) is 0 Å². The van der Waals surface area contributed by atoms with E-state index in [1.54, 1.807) is 12.1 Å². The van der Waals surface area contributed by atoms with Crippen LogP contribution in [0.4, 0.5) is 5.88 Å². The Morgan fingerprint density at radius 2 is 1.63 bits per heavy atom. The molecule has 1 aromatic heterocycles. The molecule has 30 heavy (non-hydrogen) atoms. The molecule has 0 aliphatic carbocycles. The Morgan fingerprint density at radius 1 is 1.03 bits per heavy atom. The number of hydrogen-bond donors (Lipinski definition) is 0. The monoisotopic (exact) mass is 510 g/mol. The summed E-state index contributed by atoms with van der Waals surface area (Å²) >= 11 is 9.34. The highest BCUT2D eigenvalue weighted by molar-refractivity contribution is 9.10. The molecule has 2 unspecified atom stereocenters. The number of oxazole rings is 1. The molecule has 0 amide bonds. The van der Waals surface area contributed by atoms with Gasteiger partial charge in [-0.05, 0) is 62.4 Å². The van der Waals surface area contributed by atoms with Crippen LogP contribution in [-0.4, -0.2) is 38.7 Å². The van der Waals surface area contributed by atoms with E-state index in [0.717, 1.165) is 4.47 Å². The third-order valence-electron chi connectivity index (χ3n) is 4.76. The lowest BCUT2D eigenvalue weighted by molar-refractivity contribution is -0.00657. The molecule has 6 nitrogen and oxygen atoms in total. The van der Waals surface area contributed by atoms with Crippen LogP contribution < -0.4 is 4.90 Å². The zero-order valence-corrected chi connectivity index (χ0v) is 19.5. The standard InChI is InChI=1S/C21H20BrClN2O4S/c1-13-11-25(12-14(2)28-13)21-20(30(26,27)18-9-7-17(23)8-10-18)24-19(29-21)15-3-5-16(22)6-4-15/h3-10,13-14H,11-12H2,1-2H3. The third kappa shape index (κ3) is 4.27. The number of anilines is 1. The van der Waals surface area contributed by atoms with Gasteiger partial charge in [0, 0.05) is 28.1 Å². The van der Waals surface area contributed by atoms with Gasteiger partial charge in [0.15, 0.2) is 0 Å². The van der Waals surface area contributed by atoms with E-state index >= 15 is 0 Å². The molecule has 0 bridgehead atoms. The van der Waals surface area contributed by atoms with Gasteiger partial charge in [0.2, 0.25) is 26.6 Å². The van der Waals surface area contributed by atoms with E-state index in [2.05, 4.69) is 20.9 Å². The molecular formula is C21H20BrClN2O4S. The predicted octanol–water partition coefficient (Wildman–Crippen LogP) is 5.20. The molecule has 0 N–H and O–H groups in total. The number of sulfone groups is 1. The Labute approximate surface area is 188 Å². The molecule has 4 rings (SSSR count). The number of ether oxygens (including phenoxy) is 1. The smallest absolute Gasteiger partial charge is 0.236 e. The van der Waals surface area contributed by atoms with Gasteiger partial charge in [0.1, 0.15) is 0 Å². The first-order valence-electron chi connectivity index (χ1n) is 9.42. The molecule has 1 saturated heterocycles. The van der Waals surface area contributed by atoms with E-state index in [4.69, 9.17) is 20.8 Å². The van der Waals surface area contributed by atoms with Crippen LogP contribution >= 0.6 is 27.5 Å². The summed E-state index contributed by atoms with van der Waals surface area (Å²) in [5, 5.41) is 0.352. The molecule has 9 heteroatoms. The first-order chi connectivity index (χ1) is 14.2. The fourth-order valence-electron chi connectivity index (χ4n) is 3.46. The molecular weight excluding hydrogens is 492 g/mol. The van der Waals surface area contributed by atoms with Gasteiger partial charge < -0.3 is 14.1 Å². The SMILES string of the molecule is CC1CN(c2oc(-c3ccc(Br)cc3)nc2S(=O)(=O)c2ccc(Cl)cc2)CC(C)O1. The van der Waals surface area contributed by atoms with E-state index in [1.165, 1.54) is 12.1 Å². The van der Waals surface area contributed by atoms with E-state index in [1.807, 2.05) is 43.0 Å². The second-order valence-corrected chi connectivity index (χ2v) is 10.5. The highest BCUT2D eigenvalue weighted by Crippen LogP contribution is 2.36. The normalized spacial score (nSPS) is 19.8. The number of morpholine rings is 1. The Kier molecular flexibility index (Phi) is 5.94. The summed E-state index contributed by atoms with van der Waals surface area (Å²) in [5.41, 5.74) is 0.686. The van der Waals surface area contributed by atoms with E-state index in [9.17, 15) is 8.42 Å². The lowest BCUT2D eigenvalue weighted by Gasteiger charge is -2.35. The minimum absolute atomic E-state index is 0.0685. The van der Waals surface area contributed by atoms with E-state index < -0.39 is 9.84 Å². The van der Waals surface area contributed by atoms with Crippen LogP contribution in [-0.2, 0) is 14.6 Å². The molecule has 0 spiro atoms. The molecule has 1 aliphatic heterocycles. The van der Waals surface area contributed by atoms with Crippen LogP contribution in [0.2, 0.25) is 5.02 Å². The lowest BCUT2D eigenvalue weighted by Crippen LogP contribution is -2.45. The summed E-state index contributed by atoms with van der Waals surface area (Å²) in [4.78, 5) is 6.42. The van der Waals surface area contributed by atoms with Crippen molar-refractivity contribution in [2.75, 3.05) is 18.0 Å². The van der Waals surface area contributed by atoms with Crippen LogP contribution in [0.1, 0.15) is 13.8 Å². The van der Waals surface area contributed by atoms with Crippen LogP contribution in [0, 0.1) is 0 Å². The largest absolute Gasteiger partial charge is 0.419 e. The molecule has 2 atom stereocenters. The third-order valence-corrected chi connectivity index (χ3v) is 7.20. The highest BCUT2D eigenvalue weighted by Gasteiger charge is 2.34. The van der Waals surface area contributed by atoms with Crippen molar-refractivity contribution in [1.29, 1.82) is 0 Å². The van der Waals surface area contributed by atoms with Crippen molar-refractivity contribution in [1.82, 2.24) is 4.98 Å². The van der Waals surface area contributed by atoms with Gasteiger partial charge in [-0.15, -0.1) is 0 Å². The minimum atomic E-state index is -3.92. The van der Waals surface area contributed by atoms with Crippen LogP contribution in [0.15, 0.2) is 67.3 Å².